The van der Waals surface area contributed by atoms with E-state index in [2.05, 4.69) is 15.0 Å². The predicted octanol–water partition coefficient (Wildman–Crippen LogP) is 3.00. The summed E-state index contributed by atoms with van der Waals surface area (Å²) in [6, 6.07) is 3.93. The molecule has 2 aromatic rings. The van der Waals surface area contributed by atoms with E-state index in [1.54, 1.807) is 36.9 Å². The monoisotopic (exact) mass is 217 g/mol. The summed E-state index contributed by atoms with van der Waals surface area (Å²) in [6.07, 6.45) is 6.71. The number of nitrogens with zero attached hydrogens (tertiary/aromatic N) is 3. The second kappa shape index (κ2) is 6.50. The van der Waals surface area contributed by atoms with Gasteiger partial charge in [0.1, 0.15) is 5.75 Å². The van der Waals surface area contributed by atoms with Crippen molar-refractivity contribution in [3.63, 3.8) is 0 Å². The van der Waals surface area contributed by atoms with Gasteiger partial charge in [0.15, 0.2) is 0 Å². The Labute approximate surface area is 95.4 Å². The van der Waals surface area contributed by atoms with Gasteiger partial charge in [-0.25, -0.2) is 9.97 Å². The average Bonchev–Trinajstić information content (AvgIpc) is 2.36. The summed E-state index contributed by atoms with van der Waals surface area (Å²) in [6.45, 7) is 5.92. The number of hydrogen-bond donors (Lipinski definition) is 0. The minimum absolute atomic E-state index is 0.337. The number of rotatable bonds is 2. The molecule has 2 rings (SSSR count). The highest BCUT2D eigenvalue weighted by Crippen LogP contribution is 2.14. The number of pyridine rings is 1. The topological polar surface area (TPSA) is 47.9 Å². The Morgan fingerprint density at radius 3 is 2.31 bits per heavy atom. The van der Waals surface area contributed by atoms with Crippen LogP contribution in [0.2, 0.25) is 0 Å². The minimum atomic E-state index is 0.337. The van der Waals surface area contributed by atoms with Crippen LogP contribution in [-0.4, -0.2) is 15.0 Å². The lowest BCUT2D eigenvalue weighted by Gasteiger charge is -2.01. The number of ether oxygens (including phenoxy) is 1. The maximum atomic E-state index is 5.35. The van der Waals surface area contributed by atoms with E-state index >= 15 is 0 Å². The Morgan fingerprint density at radius 2 is 1.75 bits per heavy atom. The number of aromatic nitrogens is 3. The van der Waals surface area contributed by atoms with E-state index in [0.717, 1.165) is 5.56 Å². The lowest BCUT2D eigenvalue weighted by Crippen LogP contribution is -1.91. The van der Waals surface area contributed by atoms with Crippen molar-refractivity contribution in [3.8, 4) is 11.8 Å². The molecule has 0 fully saturated rings. The van der Waals surface area contributed by atoms with Gasteiger partial charge in [-0.2, -0.15) is 0 Å². The van der Waals surface area contributed by atoms with Gasteiger partial charge in [-0.1, -0.05) is 13.8 Å². The van der Waals surface area contributed by atoms with Crippen molar-refractivity contribution in [3.05, 3.63) is 42.5 Å². The van der Waals surface area contributed by atoms with Crippen molar-refractivity contribution in [2.75, 3.05) is 0 Å². The van der Waals surface area contributed by atoms with E-state index in [1.807, 2.05) is 20.8 Å². The van der Waals surface area contributed by atoms with Gasteiger partial charge < -0.3 is 4.74 Å². The molecule has 2 heterocycles. The molecule has 2 aromatic heterocycles. The third-order valence-electron chi connectivity index (χ3n) is 1.60. The van der Waals surface area contributed by atoms with Gasteiger partial charge in [-0.15, -0.1) is 0 Å². The van der Waals surface area contributed by atoms with Gasteiger partial charge in [0.05, 0.1) is 6.20 Å². The van der Waals surface area contributed by atoms with Gasteiger partial charge in [0.25, 0.3) is 0 Å². The van der Waals surface area contributed by atoms with Crippen molar-refractivity contribution < 1.29 is 4.74 Å². The molecule has 0 aliphatic carbocycles. The standard InChI is InChI=1S/C10H9N3O.C2H6/c1-8-5-12-10(13-6-8)14-9-3-2-4-11-7-9;1-2/h2-7H,1H3;1-2H3. The zero-order chi connectivity index (χ0) is 11.8. The quantitative estimate of drug-likeness (QED) is 0.775. The summed E-state index contributed by atoms with van der Waals surface area (Å²) in [4.78, 5) is 11.9. The average molecular weight is 217 g/mol. The Morgan fingerprint density at radius 1 is 1.06 bits per heavy atom. The molecule has 84 valence electrons. The molecule has 0 aromatic carbocycles. The molecule has 0 radical (unpaired) electrons. The molecule has 0 saturated carbocycles. The van der Waals surface area contributed by atoms with Crippen molar-refractivity contribution in [1.29, 1.82) is 0 Å². The Kier molecular flexibility index (Phi) is 4.92. The van der Waals surface area contributed by atoms with Crippen LogP contribution in [0.15, 0.2) is 36.9 Å². The van der Waals surface area contributed by atoms with Crippen LogP contribution in [0.4, 0.5) is 0 Å². The summed E-state index contributed by atoms with van der Waals surface area (Å²) < 4.78 is 5.35. The fourth-order valence-electron chi connectivity index (χ4n) is 0.946. The van der Waals surface area contributed by atoms with Crippen LogP contribution in [0.3, 0.4) is 0 Å². The summed E-state index contributed by atoms with van der Waals surface area (Å²) in [7, 11) is 0. The van der Waals surface area contributed by atoms with E-state index in [4.69, 9.17) is 4.74 Å². The first-order valence-electron chi connectivity index (χ1n) is 5.21. The summed E-state index contributed by atoms with van der Waals surface area (Å²) in [5.74, 6) is 0.636. The Hall–Kier alpha value is -1.97. The maximum absolute atomic E-state index is 5.35. The van der Waals surface area contributed by atoms with Crippen molar-refractivity contribution in [1.82, 2.24) is 15.0 Å². The third kappa shape index (κ3) is 3.65. The highest BCUT2D eigenvalue weighted by molar-refractivity contribution is 5.19. The second-order valence-electron chi connectivity index (χ2n) is 2.83. The molecule has 4 heteroatoms. The zero-order valence-corrected chi connectivity index (χ0v) is 9.71. The molecule has 4 nitrogen and oxygen atoms in total. The van der Waals surface area contributed by atoms with E-state index in [0.29, 0.717) is 11.8 Å². The Bertz CT molecular complexity index is 400. The summed E-state index contributed by atoms with van der Waals surface area (Å²) in [5, 5.41) is 0. The van der Waals surface area contributed by atoms with Gasteiger partial charge in [-0.05, 0) is 24.6 Å². The lowest BCUT2D eigenvalue weighted by molar-refractivity contribution is 0.439. The van der Waals surface area contributed by atoms with Crippen molar-refractivity contribution in [2.24, 2.45) is 0 Å². The van der Waals surface area contributed by atoms with E-state index in [1.165, 1.54) is 0 Å². The molecule has 0 amide bonds. The van der Waals surface area contributed by atoms with Gasteiger partial charge in [0, 0.05) is 18.6 Å². The first-order chi connectivity index (χ1) is 7.84. The first kappa shape index (κ1) is 12.1. The molecule has 0 aliphatic rings. The van der Waals surface area contributed by atoms with Crippen LogP contribution in [0.25, 0.3) is 0 Å². The molecular formula is C12H15N3O. The SMILES string of the molecule is CC.Cc1cnc(Oc2cccnc2)nc1. The maximum Gasteiger partial charge on any atom is 0.321 e. The van der Waals surface area contributed by atoms with Crippen LogP contribution >= 0.6 is 0 Å². The van der Waals surface area contributed by atoms with Gasteiger partial charge in [-0.3, -0.25) is 4.98 Å². The minimum Gasteiger partial charge on any atom is -0.423 e. The van der Waals surface area contributed by atoms with Crippen LogP contribution < -0.4 is 4.74 Å². The smallest absolute Gasteiger partial charge is 0.321 e. The summed E-state index contributed by atoms with van der Waals surface area (Å²) in [5.41, 5.74) is 1.00. The fourth-order valence-corrected chi connectivity index (χ4v) is 0.946. The molecular weight excluding hydrogens is 202 g/mol. The van der Waals surface area contributed by atoms with Crippen LogP contribution in [0.5, 0.6) is 11.8 Å². The molecule has 0 spiro atoms. The van der Waals surface area contributed by atoms with Crippen molar-refractivity contribution >= 4 is 0 Å². The highest BCUT2D eigenvalue weighted by atomic mass is 16.5. The molecule has 0 saturated heterocycles. The number of hydrogen-bond acceptors (Lipinski definition) is 4. The molecule has 16 heavy (non-hydrogen) atoms. The van der Waals surface area contributed by atoms with Crippen LogP contribution in [0.1, 0.15) is 19.4 Å². The van der Waals surface area contributed by atoms with E-state index in [9.17, 15) is 0 Å². The van der Waals surface area contributed by atoms with E-state index in [-0.39, 0.29) is 0 Å². The van der Waals surface area contributed by atoms with Crippen LogP contribution in [-0.2, 0) is 0 Å². The molecule has 0 N–H and O–H groups in total. The molecule has 0 unspecified atom stereocenters. The fraction of sp³-hybridized carbons (Fsp3) is 0.250. The number of aryl methyl sites for hydroxylation is 1. The molecule has 0 bridgehead atoms. The van der Waals surface area contributed by atoms with Gasteiger partial charge in [0.2, 0.25) is 0 Å². The van der Waals surface area contributed by atoms with Crippen molar-refractivity contribution in [2.45, 2.75) is 20.8 Å². The van der Waals surface area contributed by atoms with Crippen LogP contribution in [0, 0.1) is 6.92 Å². The first-order valence-corrected chi connectivity index (χ1v) is 5.21. The lowest BCUT2D eigenvalue weighted by atomic mass is 10.4. The highest BCUT2D eigenvalue weighted by Gasteiger charge is 1.98. The van der Waals surface area contributed by atoms with Gasteiger partial charge >= 0.3 is 6.01 Å². The second-order valence-corrected chi connectivity index (χ2v) is 2.83. The molecule has 0 aliphatic heterocycles. The zero-order valence-electron chi connectivity index (χ0n) is 9.71. The normalized spacial score (nSPS) is 8.94. The predicted molar refractivity (Wildman–Crippen MR) is 62.4 cm³/mol. The largest absolute Gasteiger partial charge is 0.423 e. The third-order valence-corrected chi connectivity index (χ3v) is 1.60. The Balaban J connectivity index is 0.000000606. The molecule has 0 atom stereocenters. The summed E-state index contributed by atoms with van der Waals surface area (Å²) >= 11 is 0. The van der Waals surface area contributed by atoms with E-state index < -0.39 is 0 Å².